The molecule has 0 heterocycles. The molecular formula is C14H23FN2O5S2. The molecule has 1 aromatic carbocycles. The summed E-state index contributed by atoms with van der Waals surface area (Å²) in [5, 5.41) is 0. The molecule has 0 atom stereocenters. The number of nitrogens with zero attached hydrogens (tertiary/aromatic N) is 2. The topological polar surface area (TPSA) is 84.0 Å². The van der Waals surface area contributed by atoms with Gasteiger partial charge in [-0.15, -0.1) is 0 Å². The minimum atomic E-state index is -3.86. The molecule has 0 aromatic heterocycles. The van der Waals surface area contributed by atoms with Crippen molar-refractivity contribution >= 4 is 20.0 Å². The van der Waals surface area contributed by atoms with Crippen LogP contribution in [0.5, 0.6) is 0 Å². The normalized spacial score (nSPS) is 12.9. The Kier molecular flexibility index (Phi) is 7.74. The standard InChI is InChI=1S/C14H23FN2O5S2/c1-16(9-4-11-22-3)23(18,19)12-10-17(2)24(20,21)14-7-5-13(15)6-8-14/h5-8H,4,9-12H2,1-3H3. The lowest BCUT2D eigenvalue weighted by Crippen LogP contribution is -2.37. The van der Waals surface area contributed by atoms with Gasteiger partial charge in [-0.1, -0.05) is 0 Å². The SMILES string of the molecule is COCCCN(C)S(=O)(=O)CCN(C)S(=O)(=O)c1ccc(F)cc1. The zero-order valence-corrected chi connectivity index (χ0v) is 15.6. The molecule has 138 valence electrons. The summed E-state index contributed by atoms with van der Waals surface area (Å²) in [7, 11) is -3.17. The summed E-state index contributed by atoms with van der Waals surface area (Å²) >= 11 is 0. The summed E-state index contributed by atoms with van der Waals surface area (Å²) in [6.45, 7) is 0.542. The van der Waals surface area contributed by atoms with Crippen LogP contribution in [0.15, 0.2) is 29.2 Å². The maximum absolute atomic E-state index is 12.9. The molecular weight excluding hydrogens is 359 g/mol. The third kappa shape index (κ3) is 5.78. The fourth-order valence-corrected chi connectivity index (χ4v) is 4.39. The fraction of sp³-hybridized carbons (Fsp3) is 0.571. The number of hydrogen-bond donors (Lipinski definition) is 0. The summed E-state index contributed by atoms with van der Waals surface area (Å²) < 4.78 is 68.8. The van der Waals surface area contributed by atoms with Crippen molar-refractivity contribution < 1.29 is 26.0 Å². The largest absolute Gasteiger partial charge is 0.385 e. The van der Waals surface area contributed by atoms with Crippen molar-refractivity contribution in [3.05, 3.63) is 30.1 Å². The van der Waals surface area contributed by atoms with E-state index in [2.05, 4.69) is 0 Å². The van der Waals surface area contributed by atoms with E-state index in [-0.39, 0.29) is 17.2 Å². The molecule has 0 aliphatic carbocycles. The van der Waals surface area contributed by atoms with E-state index in [0.29, 0.717) is 19.6 Å². The first-order valence-corrected chi connectivity index (χ1v) is 10.3. The molecule has 0 saturated carbocycles. The number of ether oxygens (including phenoxy) is 1. The smallest absolute Gasteiger partial charge is 0.242 e. The predicted molar refractivity (Wildman–Crippen MR) is 89.1 cm³/mol. The lowest BCUT2D eigenvalue weighted by Gasteiger charge is -2.20. The van der Waals surface area contributed by atoms with Gasteiger partial charge in [0.2, 0.25) is 20.0 Å². The minimum absolute atomic E-state index is 0.0859. The van der Waals surface area contributed by atoms with Crippen molar-refractivity contribution in [2.45, 2.75) is 11.3 Å². The fourth-order valence-electron chi connectivity index (χ4n) is 1.88. The quantitative estimate of drug-likeness (QED) is 0.558. The van der Waals surface area contributed by atoms with E-state index in [9.17, 15) is 21.2 Å². The van der Waals surface area contributed by atoms with Crippen LogP contribution in [0.25, 0.3) is 0 Å². The van der Waals surface area contributed by atoms with Gasteiger partial charge in [0.15, 0.2) is 0 Å². The van der Waals surface area contributed by atoms with Gasteiger partial charge in [0, 0.05) is 40.9 Å². The van der Waals surface area contributed by atoms with Crippen LogP contribution in [0.4, 0.5) is 4.39 Å². The van der Waals surface area contributed by atoms with Crippen molar-refractivity contribution in [1.82, 2.24) is 8.61 Å². The van der Waals surface area contributed by atoms with Crippen molar-refractivity contribution in [3.8, 4) is 0 Å². The second-order valence-electron chi connectivity index (χ2n) is 5.26. The highest BCUT2D eigenvalue weighted by atomic mass is 32.2. The lowest BCUT2D eigenvalue weighted by atomic mass is 10.4. The van der Waals surface area contributed by atoms with E-state index in [1.165, 1.54) is 25.5 Å². The number of rotatable bonds is 10. The first-order chi connectivity index (χ1) is 11.1. The van der Waals surface area contributed by atoms with Gasteiger partial charge >= 0.3 is 0 Å². The Bertz CT molecular complexity index is 720. The van der Waals surface area contributed by atoms with Crippen LogP contribution in [-0.2, 0) is 24.8 Å². The molecule has 0 spiro atoms. The first-order valence-electron chi connectivity index (χ1n) is 7.26. The second-order valence-corrected chi connectivity index (χ2v) is 9.50. The predicted octanol–water partition coefficient (Wildman–Crippen LogP) is 0.744. The van der Waals surface area contributed by atoms with Gasteiger partial charge in [0.1, 0.15) is 5.82 Å². The van der Waals surface area contributed by atoms with Crippen LogP contribution in [-0.4, -0.2) is 72.1 Å². The molecule has 0 saturated heterocycles. The number of halogens is 1. The van der Waals surface area contributed by atoms with Gasteiger partial charge in [-0.05, 0) is 30.7 Å². The monoisotopic (exact) mass is 382 g/mol. The van der Waals surface area contributed by atoms with Gasteiger partial charge in [-0.2, -0.15) is 4.31 Å². The molecule has 0 unspecified atom stereocenters. The molecule has 0 radical (unpaired) electrons. The molecule has 1 rings (SSSR count). The van der Waals surface area contributed by atoms with Crippen molar-refractivity contribution in [2.75, 3.05) is 46.7 Å². The van der Waals surface area contributed by atoms with E-state index in [0.717, 1.165) is 28.6 Å². The van der Waals surface area contributed by atoms with Gasteiger partial charge in [-0.25, -0.2) is 25.5 Å². The summed E-state index contributed by atoms with van der Waals surface area (Å²) in [6.07, 6.45) is 0.552. The van der Waals surface area contributed by atoms with Gasteiger partial charge in [-0.3, -0.25) is 0 Å². The molecule has 0 amide bonds. The molecule has 24 heavy (non-hydrogen) atoms. The van der Waals surface area contributed by atoms with E-state index < -0.39 is 25.9 Å². The van der Waals surface area contributed by atoms with Crippen LogP contribution in [0, 0.1) is 5.82 Å². The number of hydrogen-bond acceptors (Lipinski definition) is 5. The summed E-state index contributed by atoms with van der Waals surface area (Å²) in [6, 6.07) is 4.38. The second kappa shape index (κ2) is 8.86. The minimum Gasteiger partial charge on any atom is -0.385 e. The molecule has 1 aromatic rings. The maximum atomic E-state index is 12.9. The molecule has 10 heteroatoms. The van der Waals surface area contributed by atoms with Crippen molar-refractivity contribution in [1.29, 1.82) is 0 Å². The summed E-state index contributed by atoms with van der Waals surface area (Å²) in [5.41, 5.74) is 0. The molecule has 0 aliphatic heterocycles. The third-order valence-corrected chi connectivity index (χ3v) is 7.18. The van der Waals surface area contributed by atoms with Crippen molar-refractivity contribution in [2.24, 2.45) is 0 Å². The Hall–Kier alpha value is -1.07. The molecule has 0 aliphatic rings. The van der Waals surface area contributed by atoms with Crippen LogP contribution in [0.3, 0.4) is 0 Å². The van der Waals surface area contributed by atoms with Gasteiger partial charge in [0.25, 0.3) is 0 Å². The zero-order chi connectivity index (χ0) is 18.4. The molecule has 0 fully saturated rings. The van der Waals surface area contributed by atoms with Crippen LogP contribution < -0.4 is 0 Å². The molecule has 7 nitrogen and oxygen atoms in total. The summed E-state index contributed by atoms with van der Waals surface area (Å²) in [5.74, 6) is -0.884. The Morgan fingerprint density at radius 1 is 1.00 bits per heavy atom. The molecule has 0 N–H and O–H groups in total. The highest BCUT2D eigenvalue weighted by molar-refractivity contribution is 7.90. The van der Waals surface area contributed by atoms with Gasteiger partial charge in [0.05, 0.1) is 10.6 Å². The highest BCUT2D eigenvalue weighted by Gasteiger charge is 2.24. The Morgan fingerprint density at radius 3 is 2.12 bits per heavy atom. The Balaban J connectivity index is 2.70. The van der Waals surface area contributed by atoms with Crippen LogP contribution in [0.2, 0.25) is 0 Å². The Labute approximate surface area is 143 Å². The van der Waals surface area contributed by atoms with E-state index in [1.807, 2.05) is 0 Å². The maximum Gasteiger partial charge on any atom is 0.242 e. The first kappa shape index (κ1) is 21.0. The third-order valence-electron chi connectivity index (χ3n) is 3.48. The van der Waals surface area contributed by atoms with E-state index in [4.69, 9.17) is 4.74 Å². The number of methoxy groups -OCH3 is 1. The van der Waals surface area contributed by atoms with E-state index >= 15 is 0 Å². The van der Waals surface area contributed by atoms with Crippen molar-refractivity contribution in [3.63, 3.8) is 0 Å². The van der Waals surface area contributed by atoms with Gasteiger partial charge < -0.3 is 4.74 Å². The Morgan fingerprint density at radius 2 is 1.58 bits per heavy atom. The van der Waals surface area contributed by atoms with Crippen LogP contribution in [0.1, 0.15) is 6.42 Å². The molecule has 0 bridgehead atoms. The van der Waals surface area contributed by atoms with E-state index in [1.54, 1.807) is 0 Å². The highest BCUT2D eigenvalue weighted by Crippen LogP contribution is 2.15. The average molecular weight is 382 g/mol. The number of sulfonamides is 2. The lowest BCUT2D eigenvalue weighted by molar-refractivity contribution is 0.189. The zero-order valence-electron chi connectivity index (χ0n) is 14.0. The van der Waals surface area contributed by atoms with Crippen LogP contribution >= 0.6 is 0 Å². The summed E-state index contributed by atoms with van der Waals surface area (Å²) in [4.78, 5) is -0.0859. The average Bonchev–Trinajstić information content (AvgIpc) is 2.53. The number of benzene rings is 1.